The molecular formula is C88H160Cl6O31S6Sn6. The van der Waals surface area contributed by atoms with E-state index in [4.69, 9.17) is 152 Å². The van der Waals surface area contributed by atoms with Crippen LogP contribution in [-0.4, -0.2) is 422 Å². The van der Waals surface area contributed by atoms with Crippen molar-refractivity contribution in [3.8, 4) is 0 Å². The zero-order chi connectivity index (χ0) is 98.9. The Balaban J connectivity index is 1.19. The van der Waals surface area contributed by atoms with Crippen LogP contribution in [0.15, 0.2) is 0 Å². The molecule has 0 saturated carbocycles. The molecule has 6 aliphatic rings. The van der Waals surface area contributed by atoms with Gasteiger partial charge in [-0.25, -0.2) is 0 Å². The Morgan fingerprint density at radius 3 is 0.555 bits per heavy atom. The van der Waals surface area contributed by atoms with Crippen molar-refractivity contribution in [1.82, 2.24) is 0 Å². The normalized spacial score (nSPS) is 25.8. The average Bonchev–Trinajstić information content (AvgIpc) is 1.66. The molecule has 6 fully saturated rings. The van der Waals surface area contributed by atoms with E-state index in [0.717, 1.165) is 104 Å². The average molecular weight is 2830 g/mol. The molecule has 0 aromatic heterocycles. The Morgan fingerprint density at radius 2 is 0.401 bits per heavy atom. The van der Waals surface area contributed by atoms with Crippen molar-refractivity contribution in [2.24, 2.45) is 10.8 Å². The standard InChI is InChI=1S/C64H106O31S6.6C4H9.6ClH.6Sn/c65-31-51(71)37-83-13-1-19-96-25-7-57(77)90-45-63(46-91-58(78)8-26-97-20-2-14-84-38-52(72)32-66,47-92-59(79)9-27-98-21-3-15-85-39-53(73)33-67)43-89-44-64(48-93-60(80)10-28-99-22-4-16-86-40-54(74)34-68,49-94-61(81)11-29-100-23-5-17-87-41-55(75)35-69)50-95-62(82)12-30-101-24-6-18-88-42-56(76)36-70;6*1-3-4-2;;;;;;;;;;;;/h51-56H,1-50H2;6*1,3-4H2,2H3;6*1H;;;;;;/q-12;;;;;;;;;;;;;6*+3/p-6. The second-order valence-corrected chi connectivity index (χ2v) is 106. The summed E-state index contributed by atoms with van der Waals surface area (Å²) in [5.74, 6) is 2.97. The van der Waals surface area contributed by atoms with Gasteiger partial charge in [0.25, 0.3) is 0 Å². The van der Waals surface area contributed by atoms with Crippen molar-refractivity contribution in [3.05, 3.63) is 0 Å². The molecule has 137 heavy (non-hydrogen) atoms. The first-order valence-electron chi connectivity index (χ1n) is 49.6. The van der Waals surface area contributed by atoms with Gasteiger partial charge in [-0.15, -0.1) is 0 Å². The molecule has 800 valence electrons. The molecule has 0 aromatic rings. The summed E-state index contributed by atoms with van der Waals surface area (Å²) in [6.07, 6.45) is 14.8. The van der Waals surface area contributed by atoms with E-state index in [-0.39, 0.29) is 75.1 Å². The number of hydrogen-bond acceptors (Lipinski definition) is 37. The summed E-state index contributed by atoms with van der Waals surface area (Å²) in [4.78, 5) is 85.0. The maximum atomic E-state index is 14.2. The molecule has 6 heterocycles. The molecule has 0 aromatic carbocycles. The molecule has 0 aliphatic carbocycles. The molecule has 6 saturated heterocycles. The number of ether oxygens (including phenoxy) is 13. The van der Waals surface area contributed by atoms with Gasteiger partial charge in [0.1, 0.15) is 39.6 Å². The van der Waals surface area contributed by atoms with Crippen molar-refractivity contribution < 1.29 is 127 Å². The summed E-state index contributed by atoms with van der Waals surface area (Å²) >= 11 is -11.8. The summed E-state index contributed by atoms with van der Waals surface area (Å²) in [6.45, 7) is 16.6. The predicted molar refractivity (Wildman–Crippen MR) is 559 cm³/mol. The molecule has 0 amide bonds. The SMILES string of the molecule is CCC[CH2][Sn]1([Cl])[O]CC(COCCCSCCC(=O)OCC(COCC(COC(=O)CCSCCCOCC2C[O][Sn]([Cl])([CH2]CCC)[O]2)(COC(=O)CCSCCCOCC2C[O][Sn]([Cl])([CH2]CCC)[O]2)COC(=O)CCSCCCOCC2C[O][Sn]([Cl])([CH2]CCC)[O]2)(COC(=O)CCSCCCOCC2C[O][Sn]([Cl])([CH2]CCC)[O]2)COC(=O)CCSCCCOCC2C[O][Sn]([Cl])([CH2]CCC)[O]2)[O]1. The van der Waals surface area contributed by atoms with Crippen LogP contribution in [0.3, 0.4) is 0 Å². The molecular weight excluding hydrogens is 2670 g/mol. The first kappa shape index (κ1) is 130. The summed E-state index contributed by atoms with van der Waals surface area (Å²) in [6, 6.07) is 0. The molecule has 12 unspecified atom stereocenters. The van der Waals surface area contributed by atoms with Crippen LogP contribution in [0.5, 0.6) is 0 Å². The molecule has 0 bridgehead atoms. The number of carbonyl (C=O) groups is 6. The van der Waals surface area contributed by atoms with Gasteiger partial charge in [-0.2, -0.15) is 0 Å². The number of rotatable bonds is 88. The number of thioether (sulfide) groups is 6. The zero-order valence-corrected chi connectivity index (χ0v) is 108. The summed E-state index contributed by atoms with van der Waals surface area (Å²) < 4.78 is 157. The maximum absolute atomic E-state index is 14.2. The predicted octanol–water partition coefficient (Wildman–Crippen LogP) is 17.8. The number of unbranched alkanes of at least 4 members (excludes halogenated alkanes) is 6. The fourth-order valence-corrected chi connectivity index (χ4v) is 69.3. The number of carbonyl (C=O) groups excluding carboxylic acids is 6. The Morgan fingerprint density at radius 1 is 0.241 bits per heavy atom. The van der Waals surface area contributed by atoms with Gasteiger partial charge in [0.15, 0.2) is 0 Å². The van der Waals surface area contributed by atoms with E-state index in [1.807, 2.05) is 0 Å². The van der Waals surface area contributed by atoms with Crippen LogP contribution in [0, 0.1) is 10.8 Å². The van der Waals surface area contributed by atoms with Gasteiger partial charge < -0.3 is 4.74 Å². The van der Waals surface area contributed by atoms with Crippen LogP contribution in [0.2, 0.25) is 26.6 Å². The van der Waals surface area contributed by atoms with Gasteiger partial charge in [-0.1, -0.05) is 0 Å². The Labute approximate surface area is 894 Å². The monoisotopic (exact) mass is 2830 g/mol. The van der Waals surface area contributed by atoms with Crippen LogP contribution >= 0.6 is 124 Å². The van der Waals surface area contributed by atoms with E-state index in [1.54, 1.807) is 70.6 Å². The van der Waals surface area contributed by atoms with Crippen LogP contribution in [0.25, 0.3) is 0 Å². The van der Waals surface area contributed by atoms with Crippen molar-refractivity contribution in [3.63, 3.8) is 0 Å². The Hall–Kier alpha value is 4.69. The van der Waals surface area contributed by atoms with Gasteiger partial charge in [0, 0.05) is 0 Å². The van der Waals surface area contributed by atoms with Gasteiger partial charge in [-0.3, -0.25) is 0 Å². The van der Waals surface area contributed by atoms with Crippen LogP contribution < -0.4 is 0 Å². The molecule has 0 N–H and O–H groups in total. The summed E-state index contributed by atoms with van der Waals surface area (Å²) in [5.41, 5.74) is -3.20. The summed E-state index contributed by atoms with van der Waals surface area (Å²) in [5, 5.41) is 0. The fourth-order valence-electron chi connectivity index (χ4n) is 14.0. The number of hydrogen-bond donors (Lipinski definition) is 0. The first-order chi connectivity index (χ1) is 66.1. The Kier molecular flexibility index (Phi) is 74.1. The molecule has 0 radical (unpaired) electrons. The number of esters is 6. The summed E-state index contributed by atoms with van der Waals surface area (Å²) in [7, 11) is 40.6. The third-order valence-corrected chi connectivity index (χ3v) is 82.2. The molecule has 0 spiro atoms. The minimum atomic E-state index is -3.53. The third-order valence-electron chi connectivity index (χ3n) is 22.0. The Bertz CT molecular complexity index is 2740. The molecule has 6 aliphatic heterocycles. The number of halogens is 6. The van der Waals surface area contributed by atoms with Crippen molar-refractivity contribution in [2.45, 2.75) is 259 Å². The molecule has 31 nitrogen and oxygen atoms in total. The van der Waals surface area contributed by atoms with Crippen molar-refractivity contribution in [2.75, 3.05) is 241 Å². The topological polar surface area (TPSA) is 333 Å². The van der Waals surface area contributed by atoms with Gasteiger partial charge in [-0.05, 0) is 0 Å². The van der Waals surface area contributed by atoms with Gasteiger partial charge in [0.2, 0.25) is 0 Å². The van der Waals surface area contributed by atoms with E-state index in [1.165, 1.54) is 0 Å². The first-order valence-corrected chi connectivity index (χ1v) is 104. The van der Waals surface area contributed by atoms with Gasteiger partial charge in [0.05, 0.1) is 24.0 Å². The minimum absolute atomic E-state index is 0.00735. The van der Waals surface area contributed by atoms with Crippen LogP contribution in [0.1, 0.15) is 196 Å². The quantitative estimate of drug-likeness (QED) is 0.0236. The van der Waals surface area contributed by atoms with E-state index in [0.29, 0.717) is 226 Å². The molecule has 12 atom stereocenters. The second kappa shape index (κ2) is 77.9. The zero-order valence-electron chi connectivity index (χ0n) is 81.9. The van der Waals surface area contributed by atoms with E-state index in [2.05, 4.69) is 41.5 Å². The fraction of sp³-hybridized carbons (Fsp3) is 0.932. The second-order valence-electron chi connectivity index (χ2n) is 35.1. The van der Waals surface area contributed by atoms with Crippen molar-refractivity contribution >= 4 is 268 Å². The van der Waals surface area contributed by atoms with Crippen LogP contribution in [-0.2, 0) is 127 Å². The molecule has 49 heteroatoms. The van der Waals surface area contributed by atoms with E-state index in [9.17, 15) is 28.8 Å². The van der Waals surface area contributed by atoms with Gasteiger partial charge >= 0.3 is 838 Å². The van der Waals surface area contributed by atoms with Crippen molar-refractivity contribution in [1.29, 1.82) is 0 Å². The molecule has 6 rings (SSSR count). The van der Waals surface area contributed by atoms with E-state index >= 15 is 0 Å². The third kappa shape index (κ3) is 61.0. The van der Waals surface area contributed by atoms with Crippen LogP contribution in [0.4, 0.5) is 0 Å². The van der Waals surface area contributed by atoms with E-state index < -0.39 is 208 Å².